The third kappa shape index (κ3) is 1.37. The van der Waals surface area contributed by atoms with Crippen molar-refractivity contribution in [3.8, 4) is 0 Å². The standard InChI is InChI=1S/C10H15N3S/c1-10(4-5-10)9-13-12-8(14-9)7-3-2-6-11-7/h7,11H,2-6H2,1H3. The maximum atomic E-state index is 4.32. The molecule has 1 saturated heterocycles. The second-order valence-electron chi connectivity index (χ2n) is 4.66. The second-order valence-corrected chi connectivity index (χ2v) is 5.66. The van der Waals surface area contributed by atoms with Gasteiger partial charge in [0.1, 0.15) is 10.0 Å². The lowest BCUT2D eigenvalue weighted by molar-refractivity contribution is 0.633. The van der Waals surface area contributed by atoms with Crippen molar-refractivity contribution in [1.29, 1.82) is 0 Å². The minimum atomic E-state index is 0.383. The van der Waals surface area contributed by atoms with Crippen LogP contribution in [-0.2, 0) is 5.41 Å². The third-order valence-corrected chi connectivity index (χ3v) is 4.66. The second kappa shape index (κ2) is 3.00. The van der Waals surface area contributed by atoms with Gasteiger partial charge in [0.25, 0.3) is 0 Å². The molecule has 76 valence electrons. The SMILES string of the molecule is CC1(c2nnc(C3CCCN3)s2)CC1. The van der Waals surface area contributed by atoms with Crippen LogP contribution in [0.1, 0.15) is 48.7 Å². The molecule has 1 saturated carbocycles. The molecule has 2 aliphatic rings. The van der Waals surface area contributed by atoms with Crippen LogP contribution in [0.4, 0.5) is 0 Å². The summed E-state index contributed by atoms with van der Waals surface area (Å²) in [6.07, 6.45) is 5.08. The van der Waals surface area contributed by atoms with E-state index in [0.717, 1.165) is 6.54 Å². The van der Waals surface area contributed by atoms with E-state index in [1.165, 1.54) is 35.7 Å². The van der Waals surface area contributed by atoms with Gasteiger partial charge in [-0.1, -0.05) is 18.3 Å². The van der Waals surface area contributed by atoms with E-state index in [1.54, 1.807) is 0 Å². The van der Waals surface area contributed by atoms with Crippen molar-refractivity contribution in [1.82, 2.24) is 15.5 Å². The molecule has 3 rings (SSSR count). The molecule has 1 N–H and O–H groups in total. The van der Waals surface area contributed by atoms with Gasteiger partial charge in [0, 0.05) is 5.41 Å². The maximum Gasteiger partial charge on any atom is 0.134 e. The van der Waals surface area contributed by atoms with E-state index in [9.17, 15) is 0 Å². The molecule has 1 aliphatic carbocycles. The lowest BCUT2D eigenvalue weighted by Crippen LogP contribution is -2.12. The molecule has 4 heteroatoms. The van der Waals surface area contributed by atoms with Crippen LogP contribution in [-0.4, -0.2) is 16.7 Å². The number of aromatic nitrogens is 2. The Morgan fingerprint density at radius 3 is 2.93 bits per heavy atom. The number of nitrogens with one attached hydrogen (secondary N) is 1. The topological polar surface area (TPSA) is 37.8 Å². The average molecular weight is 209 g/mol. The van der Waals surface area contributed by atoms with Crippen LogP contribution in [0.3, 0.4) is 0 Å². The molecule has 3 nitrogen and oxygen atoms in total. The summed E-state index contributed by atoms with van der Waals surface area (Å²) in [7, 11) is 0. The zero-order valence-electron chi connectivity index (χ0n) is 8.42. The van der Waals surface area contributed by atoms with Crippen LogP contribution in [0.5, 0.6) is 0 Å². The maximum absolute atomic E-state index is 4.32. The van der Waals surface area contributed by atoms with Crippen LogP contribution in [0.25, 0.3) is 0 Å². The van der Waals surface area contributed by atoms with Crippen molar-refractivity contribution in [2.45, 2.75) is 44.1 Å². The van der Waals surface area contributed by atoms with Crippen LogP contribution >= 0.6 is 11.3 Å². The average Bonchev–Trinajstić information content (AvgIpc) is 2.73. The molecule has 1 aliphatic heterocycles. The first-order valence-electron chi connectivity index (χ1n) is 5.35. The normalized spacial score (nSPS) is 29.4. The molecule has 2 heterocycles. The zero-order valence-corrected chi connectivity index (χ0v) is 9.23. The molecule has 0 spiro atoms. The predicted molar refractivity (Wildman–Crippen MR) is 56.5 cm³/mol. The zero-order chi connectivity index (χ0) is 9.60. The van der Waals surface area contributed by atoms with Gasteiger partial charge in [-0.2, -0.15) is 0 Å². The van der Waals surface area contributed by atoms with Crippen LogP contribution in [0, 0.1) is 0 Å². The molecular weight excluding hydrogens is 194 g/mol. The van der Waals surface area contributed by atoms with E-state index in [0.29, 0.717) is 11.5 Å². The number of hydrogen-bond acceptors (Lipinski definition) is 4. The monoisotopic (exact) mass is 209 g/mol. The van der Waals surface area contributed by atoms with E-state index in [4.69, 9.17) is 0 Å². The quantitative estimate of drug-likeness (QED) is 0.809. The van der Waals surface area contributed by atoms with Crippen LogP contribution in [0.15, 0.2) is 0 Å². The van der Waals surface area contributed by atoms with E-state index >= 15 is 0 Å². The van der Waals surface area contributed by atoms with E-state index in [2.05, 4.69) is 22.4 Å². The molecule has 0 aromatic carbocycles. The van der Waals surface area contributed by atoms with Gasteiger partial charge in [-0.05, 0) is 32.2 Å². The fraction of sp³-hybridized carbons (Fsp3) is 0.800. The van der Waals surface area contributed by atoms with Crippen LogP contribution in [0.2, 0.25) is 0 Å². The molecule has 1 aromatic rings. The fourth-order valence-electron chi connectivity index (χ4n) is 1.92. The number of nitrogens with zero attached hydrogens (tertiary/aromatic N) is 2. The lowest BCUT2D eigenvalue weighted by Gasteiger charge is -2.03. The summed E-state index contributed by atoms with van der Waals surface area (Å²) >= 11 is 1.81. The highest BCUT2D eigenvalue weighted by molar-refractivity contribution is 7.11. The molecule has 1 atom stereocenters. The first-order valence-corrected chi connectivity index (χ1v) is 6.17. The van der Waals surface area contributed by atoms with Gasteiger partial charge >= 0.3 is 0 Å². The highest BCUT2D eigenvalue weighted by Gasteiger charge is 2.42. The van der Waals surface area contributed by atoms with E-state index < -0.39 is 0 Å². The molecule has 1 unspecified atom stereocenters. The summed E-state index contributed by atoms with van der Waals surface area (Å²) in [6.45, 7) is 3.43. The number of hydrogen-bond donors (Lipinski definition) is 1. The third-order valence-electron chi connectivity index (χ3n) is 3.32. The van der Waals surface area contributed by atoms with Gasteiger partial charge in [-0.3, -0.25) is 0 Å². The van der Waals surface area contributed by atoms with Gasteiger partial charge in [0.2, 0.25) is 0 Å². The first-order chi connectivity index (χ1) is 6.78. The predicted octanol–water partition coefficient (Wildman–Crippen LogP) is 2.01. The summed E-state index contributed by atoms with van der Waals surface area (Å²) in [5.74, 6) is 0. The Kier molecular flexibility index (Phi) is 1.89. The summed E-state index contributed by atoms with van der Waals surface area (Å²) in [6, 6.07) is 0.489. The van der Waals surface area contributed by atoms with Gasteiger partial charge < -0.3 is 5.32 Å². The Balaban J connectivity index is 1.82. The minimum absolute atomic E-state index is 0.383. The van der Waals surface area contributed by atoms with E-state index in [1.807, 2.05) is 11.3 Å². The summed E-state index contributed by atoms with van der Waals surface area (Å²) < 4.78 is 0. The molecule has 14 heavy (non-hydrogen) atoms. The Labute approximate surface area is 87.9 Å². The van der Waals surface area contributed by atoms with Gasteiger partial charge in [0.05, 0.1) is 6.04 Å². The molecule has 0 bridgehead atoms. The number of rotatable bonds is 2. The smallest absolute Gasteiger partial charge is 0.134 e. The van der Waals surface area contributed by atoms with Gasteiger partial charge in [0.15, 0.2) is 0 Å². The minimum Gasteiger partial charge on any atom is -0.308 e. The van der Waals surface area contributed by atoms with Crippen molar-refractivity contribution in [2.75, 3.05) is 6.54 Å². The van der Waals surface area contributed by atoms with Crippen molar-refractivity contribution >= 4 is 11.3 Å². The van der Waals surface area contributed by atoms with Crippen molar-refractivity contribution in [3.05, 3.63) is 10.0 Å². The summed E-state index contributed by atoms with van der Waals surface area (Å²) in [5, 5.41) is 14.6. The van der Waals surface area contributed by atoms with Crippen molar-refractivity contribution in [3.63, 3.8) is 0 Å². The highest BCUT2D eigenvalue weighted by atomic mass is 32.1. The van der Waals surface area contributed by atoms with Crippen molar-refractivity contribution in [2.24, 2.45) is 0 Å². The van der Waals surface area contributed by atoms with Gasteiger partial charge in [-0.15, -0.1) is 10.2 Å². The Morgan fingerprint density at radius 2 is 2.29 bits per heavy atom. The van der Waals surface area contributed by atoms with Gasteiger partial charge in [-0.25, -0.2) is 0 Å². The Bertz CT molecular complexity index is 337. The molecule has 2 fully saturated rings. The Hall–Kier alpha value is -0.480. The lowest BCUT2D eigenvalue weighted by atomic mass is 10.2. The molecule has 1 aromatic heterocycles. The summed E-state index contributed by atoms with van der Waals surface area (Å²) in [5.41, 5.74) is 0.383. The first kappa shape index (κ1) is 8.80. The highest BCUT2D eigenvalue weighted by Crippen LogP contribution is 2.49. The van der Waals surface area contributed by atoms with Crippen LogP contribution < -0.4 is 5.32 Å². The molecular formula is C10H15N3S. The molecule has 0 amide bonds. The largest absolute Gasteiger partial charge is 0.308 e. The fourth-order valence-corrected chi connectivity index (χ4v) is 3.07. The van der Waals surface area contributed by atoms with Crippen molar-refractivity contribution < 1.29 is 0 Å². The Morgan fingerprint density at radius 1 is 1.43 bits per heavy atom. The summed E-state index contributed by atoms with van der Waals surface area (Å²) in [4.78, 5) is 0. The molecule has 0 radical (unpaired) electrons. The van der Waals surface area contributed by atoms with E-state index in [-0.39, 0.29) is 0 Å².